The third-order valence-electron chi connectivity index (χ3n) is 4.18. The highest BCUT2D eigenvalue weighted by molar-refractivity contribution is 6.04. The van der Waals surface area contributed by atoms with Crippen LogP contribution in [0.2, 0.25) is 0 Å². The Morgan fingerprint density at radius 1 is 1.07 bits per heavy atom. The van der Waals surface area contributed by atoms with Gasteiger partial charge in [-0.3, -0.25) is 4.79 Å². The van der Waals surface area contributed by atoms with Gasteiger partial charge in [0.2, 0.25) is 0 Å². The number of amides is 1. The van der Waals surface area contributed by atoms with E-state index in [-0.39, 0.29) is 11.3 Å². The van der Waals surface area contributed by atoms with Gasteiger partial charge in [-0.05, 0) is 47.4 Å². The minimum Gasteiger partial charge on any atom is -0.492 e. The van der Waals surface area contributed by atoms with Gasteiger partial charge in [0.25, 0.3) is 5.91 Å². The topological polar surface area (TPSA) is 69.0 Å². The van der Waals surface area contributed by atoms with Crippen molar-refractivity contribution in [1.82, 2.24) is 14.8 Å². The number of hydrogen-bond donors (Lipinski definition) is 1. The molecule has 0 atom stereocenters. The van der Waals surface area contributed by atoms with E-state index < -0.39 is 0 Å². The van der Waals surface area contributed by atoms with Crippen LogP contribution in [0.3, 0.4) is 0 Å². The summed E-state index contributed by atoms with van der Waals surface area (Å²) in [5, 5.41) is 6.93. The summed E-state index contributed by atoms with van der Waals surface area (Å²) in [5.41, 5.74) is 2.63. The number of aromatic nitrogens is 3. The third-order valence-corrected chi connectivity index (χ3v) is 4.18. The first-order valence-corrected chi connectivity index (χ1v) is 8.89. The number of hydrogen-bond acceptors (Lipinski definition) is 4. The number of nitrogens with one attached hydrogen (secondary N) is 1. The van der Waals surface area contributed by atoms with Crippen LogP contribution in [0.1, 0.15) is 36.7 Å². The molecule has 0 saturated carbocycles. The first-order chi connectivity index (χ1) is 12.9. The zero-order valence-electron chi connectivity index (χ0n) is 15.8. The van der Waals surface area contributed by atoms with Crippen molar-refractivity contribution in [2.45, 2.75) is 32.7 Å². The number of nitrogens with zero attached hydrogens (tertiary/aromatic N) is 3. The highest BCUT2D eigenvalue weighted by Crippen LogP contribution is 2.22. The van der Waals surface area contributed by atoms with Crippen LogP contribution < -0.4 is 10.1 Å². The summed E-state index contributed by atoms with van der Waals surface area (Å²) in [6, 6.07) is 15.0. The van der Waals surface area contributed by atoms with E-state index in [1.54, 1.807) is 11.0 Å². The van der Waals surface area contributed by atoms with Crippen LogP contribution in [0.5, 0.6) is 5.75 Å². The van der Waals surface area contributed by atoms with Crippen LogP contribution in [0.25, 0.3) is 0 Å². The average Bonchev–Trinajstić information content (AvgIpc) is 3.16. The summed E-state index contributed by atoms with van der Waals surface area (Å²) >= 11 is 0. The Morgan fingerprint density at radius 3 is 2.37 bits per heavy atom. The fraction of sp³-hybridized carbons (Fsp3) is 0.286. The maximum atomic E-state index is 12.4. The summed E-state index contributed by atoms with van der Waals surface area (Å²) in [6.45, 7) is 7.57. The lowest BCUT2D eigenvalue weighted by Gasteiger charge is -2.19. The molecule has 6 heteroatoms. The lowest BCUT2D eigenvalue weighted by atomic mass is 9.87. The molecule has 3 rings (SSSR count). The van der Waals surface area contributed by atoms with Gasteiger partial charge >= 0.3 is 0 Å². The summed E-state index contributed by atoms with van der Waals surface area (Å²) in [5.74, 6) is 0.609. The average molecular weight is 364 g/mol. The van der Waals surface area contributed by atoms with Gasteiger partial charge < -0.3 is 10.1 Å². The van der Waals surface area contributed by atoms with Crippen molar-refractivity contribution in [3.8, 4) is 5.75 Å². The smallest absolute Gasteiger partial charge is 0.255 e. The van der Waals surface area contributed by atoms with Gasteiger partial charge in [-0.15, -0.1) is 0 Å². The van der Waals surface area contributed by atoms with Gasteiger partial charge in [0.05, 0.1) is 6.54 Å². The van der Waals surface area contributed by atoms with E-state index in [4.69, 9.17) is 4.74 Å². The largest absolute Gasteiger partial charge is 0.492 e. The van der Waals surface area contributed by atoms with Crippen LogP contribution in [-0.2, 0) is 12.0 Å². The predicted octanol–water partition coefficient (Wildman–Crippen LogP) is 3.91. The third kappa shape index (κ3) is 5.17. The van der Waals surface area contributed by atoms with E-state index in [0.29, 0.717) is 18.7 Å². The summed E-state index contributed by atoms with van der Waals surface area (Å²) in [7, 11) is 0. The Labute approximate surface area is 159 Å². The molecular formula is C21H24N4O2. The standard InChI is InChI=1S/C21H24N4O2/c1-21(2,3)17-6-4-16(5-7-17)20(26)24-18-8-10-19(11-9-18)27-13-12-25-15-22-14-23-25/h4-11,14-15H,12-13H2,1-3H3,(H,24,26). The minimum atomic E-state index is -0.129. The lowest BCUT2D eigenvalue weighted by Crippen LogP contribution is -2.14. The molecule has 0 aliphatic rings. The number of carbonyl (C=O) groups is 1. The molecule has 0 fully saturated rings. The second kappa shape index (κ2) is 8.03. The summed E-state index contributed by atoms with van der Waals surface area (Å²) < 4.78 is 7.38. The number of rotatable bonds is 6. The number of benzene rings is 2. The van der Waals surface area contributed by atoms with E-state index in [0.717, 1.165) is 11.4 Å². The Hall–Kier alpha value is -3.15. The van der Waals surface area contributed by atoms with Gasteiger partial charge in [-0.25, -0.2) is 9.67 Å². The predicted molar refractivity (Wildman–Crippen MR) is 105 cm³/mol. The highest BCUT2D eigenvalue weighted by Gasteiger charge is 2.14. The Morgan fingerprint density at radius 2 is 1.78 bits per heavy atom. The molecule has 0 unspecified atom stereocenters. The van der Waals surface area contributed by atoms with Gasteiger partial charge in [0, 0.05) is 11.3 Å². The van der Waals surface area contributed by atoms with Crippen LogP contribution in [-0.4, -0.2) is 27.3 Å². The molecule has 1 amide bonds. The first-order valence-electron chi connectivity index (χ1n) is 8.89. The maximum absolute atomic E-state index is 12.4. The normalized spacial score (nSPS) is 11.2. The molecule has 0 radical (unpaired) electrons. The van der Waals surface area contributed by atoms with Gasteiger partial charge in [-0.1, -0.05) is 32.9 Å². The zero-order valence-corrected chi connectivity index (χ0v) is 15.8. The molecule has 6 nitrogen and oxygen atoms in total. The Balaban J connectivity index is 1.53. The quantitative estimate of drug-likeness (QED) is 0.720. The van der Waals surface area contributed by atoms with Crippen molar-refractivity contribution in [2.75, 3.05) is 11.9 Å². The van der Waals surface area contributed by atoms with Crippen molar-refractivity contribution in [3.63, 3.8) is 0 Å². The SMILES string of the molecule is CC(C)(C)c1ccc(C(=O)Nc2ccc(OCCn3cncn3)cc2)cc1. The van der Waals surface area contributed by atoms with Crippen LogP contribution in [0.15, 0.2) is 61.2 Å². The molecule has 0 spiro atoms. The van der Waals surface area contributed by atoms with Gasteiger partial charge in [0.1, 0.15) is 25.0 Å². The van der Waals surface area contributed by atoms with Gasteiger partial charge in [-0.2, -0.15) is 5.10 Å². The van der Waals surface area contributed by atoms with E-state index in [1.165, 1.54) is 11.9 Å². The fourth-order valence-electron chi connectivity index (χ4n) is 2.56. The maximum Gasteiger partial charge on any atom is 0.255 e. The van der Waals surface area contributed by atoms with E-state index in [1.807, 2.05) is 48.5 Å². The molecule has 1 N–H and O–H groups in total. The molecule has 2 aromatic carbocycles. The molecule has 1 heterocycles. The number of carbonyl (C=O) groups excluding carboxylic acids is 1. The zero-order chi connectivity index (χ0) is 19.3. The van der Waals surface area contributed by atoms with Crippen molar-refractivity contribution in [1.29, 1.82) is 0 Å². The summed E-state index contributed by atoms with van der Waals surface area (Å²) in [6.07, 6.45) is 3.14. The second-order valence-electron chi connectivity index (χ2n) is 7.31. The lowest BCUT2D eigenvalue weighted by molar-refractivity contribution is 0.102. The molecule has 0 aliphatic carbocycles. The first kappa shape index (κ1) is 18.6. The molecule has 140 valence electrons. The number of ether oxygens (including phenoxy) is 1. The van der Waals surface area contributed by atoms with Crippen molar-refractivity contribution in [2.24, 2.45) is 0 Å². The number of anilines is 1. The molecule has 0 aliphatic heterocycles. The molecule has 27 heavy (non-hydrogen) atoms. The van der Waals surface area contributed by atoms with Crippen molar-refractivity contribution < 1.29 is 9.53 Å². The van der Waals surface area contributed by atoms with E-state index >= 15 is 0 Å². The fourth-order valence-corrected chi connectivity index (χ4v) is 2.56. The van der Waals surface area contributed by atoms with Crippen LogP contribution >= 0.6 is 0 Å². The second-order valence-corrected chi connectivity index (χ2v) is 7.31. The highest BCUT2D eigenvalue weighted by atomic mass is 16.5. The van der Waals surface area contributed by atoms with Crippen LogP contribution in [0.4, 0.5) is 5.69 Å². The van der Waals surface area contributed by atoms with Gasteiger partial charge in [0.15, 0.2) is 0 Å². The Kier molecular flexibility index (Phi) is 5.54. The van der Waals surface area contributed by atoms with E-state index in [9.17, 15) is 4.79 Å². The van der Waals surface area contributed by atoms with Crippen LogP contribution in [0, 0.1) is 0 Å². The molecule has 0 bridgehead atoms. The van der Waals surface area contributed by atoms with E-state index in [2.05, 4.69) is 36.2 Å². The Bertz CT molecular complexity index is 864. The molecule has 3 aromatic rings. The monoisotopic (exact) mass is 364 g/mol. The van der Waals surface area contributed by atoms with Crippen molar-refractivity contribution in [3.05, 3.63) is 72.3 Å². The molecule has 0 saturated heterocycles. The molecular weight excluding hydrogens is 340 g/mol. The minimum absolute atomic E-state index is 0.0682. The summed E-state index contributed by atoms with van der Waals surface area (Å²) in [4.78, 5) is 16.3. The van der Waals surface area contributed by atoms with Crippen molar-refractivity contribution >= 4 is 11.6 Å². The molecule has 1 aromatic heterocycles.